The van der Waals surface area contributed by atoms with Crippen molar-refractivity contribution in [3.05, 3.63) is 35.4 Å². The molecular formula is C17H24N4. The fraction of sp³-hybridized carbons (Fsp3) is 0.529. The summed E-state index contributed by atoms with van der Waals surface area (Å²) in [6, 6.07) is 9.82. The van der Waals surface area contributed by atoms with Gasteiger partial charge in [0.25, 0.3) is 0 Å². The van der Waals surface area contributed by atoms with Crippen LogP contribution in [0, 0.1) is 16.7 Å². The molecule has 0 bridgehead atoms. The van der Waals surface area contributed by atoms with E-state index < -0.39 is 0 Å². The zero-order valence-corrected chi connectivity index (χ0v) is 13.2. The van der Waals surface area contributed by atoms with Crippen molar-refractivity contribution in [3.8, 4) is 6.07 Å². The van der Waals surface area contributed by atoms with Crippen molar-refractivity contribution in [1.29, 1.82) is 5.26 Å². The summed E-state index contributed by atoms with van der Waals surface area (Å²) in [4.78, 5) is 7.06. The molecule has 1 heterocycles. The minimum atomic E-state index is 0.358. The van der Waals surface area contributed by atoms with Gasteiger partial charge in [0.1, 0.15) is 0 Å². The zero-order chi connectivity index (χ0) is 15.3. The van der Waals surface area contributed by atoms with Gasteiger partial charge in [-0.2, -0.15) is 5.26 Å². The maximum absolute atomic E-state index is 8.95. The molecule has 1 fully saturated rings. The number of rotatable bonds is 3. The van der Waals surface area contributed by atoms with Gasteiger partial charge < -0.3 is 10.2 Å². The maximum atomic E-state index is 8.95. The molecule has 0 radical (unpaired) electrons. The topological polar surface area (TPSA) is 51.4 Å². The molecule has 2 rings (SSSR count). The first-order chi connectivity index (χ1) is 10.0. The number of nitrogens with zero attached hydrogens (tertiary/aromatic N) is 3. The third kappa shape index (κ3) is 4.22. The molecule has 1 aliphatic heterocycles. The molecule has 4 nitrogen and oxygen atoms in total. The largest absolute Gasteiger partial charge is 0.357 e. The van der Waals surface area contributed by atoms with Crippen LogP contribution in [0.5, 0.6) is 0 Å². The SMILES string of the molecule is CCNC(=NCc1cccc(C#N)c1)N1CCC(C)(C)C1. The fourth-order valence-corrected chi connectivity index (χ4v) is 2.62. The van der Waals surface area contributed by atoms with Crippen LogP contribution in [0.25, 0.3) is 0 Å². The lowest BCUT2D eigenvalue weighted by Gasteiger charge is -2.23. The van der Waals surface area contributed by atoms with E-state index in [4.69, 9.17) is 10.3 Å². The van der Waals surface area contributed by atoms with E-state index in [2.05, 4.69) is 37.1 Å². The van der Waals surface area contributed by atoms with Crippen molar-refractivity contribution in [1.82, 2.24) is 10.2 Å². The summed E-state index contributed by atoms with van der Waals surface area (Å²) in [6.07, 6.45) is 1.20. The summed E-state index contributed by atoms with van der Waals surface area (Å²) in [5, 5.41) is 12.3. The number of hydrogen-bond donors (Lipinski definition) is 1. The molecule has 1 saturated heterocycles. The maximum Gasteiger partial charge on any atom is 0.194 e. The molecule has 0 atom stereocenters. The number of hydrogen-bond acceptors (Lipinski definition) is 2. The van der Waals surface area contributed by atoms with E-state index in [0.29, 0.717) is 17.5 Å². The van der Waals surface area contributed by atoms with Crippen LogP contribution in [0.2, 0.25) is 0 Å². The lowest BCUT2D eigenvalue weighted by atomic mass is 9.93. The minimum absolute atomic E-state index is 0.358. The van der Waals surface area contributed by atoms with Crippen LogP contribution in [0.4, 0.5) is 0 Å². The van der Waals surface area contributed by atoms with Gasteiger partial charge in [0.2, 0.25) is 0 Å². The first-order valence-corrected chi connectivity index (χ1v) is 7.56. The van der Waals surface area contributed by atoms with Gasteiger partial charge >= 0.3 is 0 Å². The summed E-state index contributed by atoms with van der Waals surface area (Å²) in [5.41, 5.74) is 2.12. The van der Waals surface area contributed by atoms with E-state index in [9.17, 15) is 0 Å². The second kappa shape index (κ2) is 6.62. The van der Waals surface area contributed by atoms with Crippen molar-refractivity contribution in [2.24, 2.45) is 10.4 Å². The Hall–Kier alpha value is -2.02. The molecule has 0 saturated carbocycles. The second-order valence-corrected chi connectivity index (χ2v) is 6.32. The van der Waals surface area contributed by atoms with Crippen molar-refractivity contribution in [2.45, 2.75) is 33.7 Å². The summed E-state index contributed by atoms with van der Waals surface area (Å²) >= 11 is 0. The van der Waals surface area contributed by atoms with Gasteiger partial charge in [-0.1, -0.05) is 26.0 Å². The minimum Gasteiger partial charge on any atom is -0.357 e. The Balaban J connectivity index is 2.09. The molecule has 1 aromatic rings. The highest BCUT2D eigenvalue weighted by atomic mass is 15.3. The number of guanidine groups is 1. The van der Waals surface area contributed by atoms with Gasteiger partial charge in [0.05, 0.1) is 18.2 Å². The Morgan fingerprint density at radius 3 is 2.90 bits per heavy atom. The van der Waals surface area contributed by atoms with Gasteiger partial charge in [-0.15, -0.1) is 0 Å². The van der Waals surface area contributed by atoms with Gasteiger partial charge in [-0.05, 0) is 36.5 Å². The number of benzene rings is 1. The Morgan fingerprint density at radius 2 is 2.29 bits per heavy atom. The van der Waals surface area contributed by atoms with Crippen molar-refractivity contribution in [2.75, 3.05) is 19.6 Å². The molecule has 21 heavy (non-hydrogen) atoms. The Labute approximate surface area is 127 Å². The fourth-order valence-electron chi connectivity index (χ4n) is 2.62. The third-order valence-electron chi connectivity index (χ3n) is 3.78. The van der Waals surface area contributed by atoms with Crippen molar-refractivity contribution in [3.63, 3.8) is 0 Å². The molecule has 4 heteroatoms. The lowest BCUT2D eigenvalue weighted by molar-refractivity contribution is 0.370. The molecule has 112 valence electrons. The van der Waals surface area contributed by atoms with E-state index in [1.54, 1.807) is 0 Å². The van der Waals surface area contributed by atoms with E-state index in [1.807, 2.05) is 24.3 Å². The summed E-state index contributed by atoms with van der Waals surface area (Å²) < 4.78 is 0. The normalized spacial score (nSPS) is 17.6. The first kappa shape index (κ1) is 15.4. The van der Waals surface area contributed by atoms with Gasteiger partial charge in [-0.25, -0.2) is 4.99 Å². The van der Waals surface area contributed by atoms with Crippen molar-refractivity contribution >= 4 is 5.96 Å². The van der Waals surface area contributed by atoms with Gasteiger partial charge in [-0.3, -0.25) is 0 Å². The Bertz CT molecular complexity index is 554. The zero-order valence-electron chi connectivity index (χ0n) is 13.2. The molecule has 0 unspecified atom stereocenters. The predicted octanol–water partition coefficient (Wildman–Crippen LogP) is 2.76. The molecule has 0 aromatic heterocycles. The van der Waals surface area contributed by atoms with Gasteiger partial charge in [0, 0.05) is 19.6 Å². The van der Waals surface area contributed by atoms with E-state index in [1.165, 1.54) is 6.42 Å². The van der Waals surface area contributed by atoms with E-state index in [0.717, 1.165) is 31.2 Å². The van der Waals surface area contributed by atoms with E-state index >= 15 is 0 Å². The van der Waals surface area contributed by atoms with Crippen LogP contribution in [0.1, 0.15) is 38.3 Å². The van der Waals surface area contributed by atoms with Crippen LogP contribution in [-0.2, 0) is 6.54 Å². The number of likely N-dealkylation sites (tertiary alicyclic amines) is 1. The molecule has 0 aliphatic carbocycles. The summed E-state index contributed by atoms with van der Waals surface area (Å²) in [7, 11) is 0. The highest BCUT2D eigenvalue weighted by Gasteiger charge is 2.30. The van der Waals surface area contributed by atoms with Crippen LogP contribution >= 0.6 is 0 Å². The van der Waals surface area contributed by atoms with Crippen LogP contribution in [-0.4, -0.2) is 30.5 Å². The smallest absolute Gasteiger partial charge is 0.194 e. The average molecular weight is 284 g/mol. The average Bonchev–Trinajstić information content (AvgIpc) is 2.83. The number of nitrogens with one attached hydrogen (secondary N) is 1. The number of aliphatic imine (C=N–C) groups is 1. The summed E-state index contributed by atoms with van der Waals surface area (Å²) in [5.74, 6) is 0.977. The highest BCUT2D eigenvalue weighted by molar-refractivity contribution is 5.80. The van der Waals surface area contributed by atoms with Gasteiger partial charge in [0.15, 0.2) is 5.96 Å². The third-order valence-corrected chi connectivity index (χ3v) is 3.78. The quantitative estimate of drug-likeness (QED) is 0.686. The predicted molar refractivity (Wildman–Crippen MR) is 85.9 cm³/mol. The first-order valence-electron chi connectivity index (χ1n) is 7.56. The number of nitriles is 1. The Morgan fingerprint density at radius 1 is 1.48 bits per heavy atom. The molecule has 0 amide bonds. The molecule has 0 spiro atoms. The monoisotopic (exact) mass is 284 g/mol. The van der Waals surface area contributed by atoms with Crippen LogP contribution in [0.3, 0.4) is 0 Å². The van der Waals surface area contributed by atoms with E-state index in [-0.39, 0.29) is 0 Å². The molecule has 1 aromatic carbocycles. The molecule has 1 N–H and O–H groups in total. The molecular weight excluding hydrogens is 260 g/mol. The summed E-state index contributed by atoms with van der Waals surface area (Å²) in [6.45, 7) is 10.3. The second-order valence-electron chi connectivity index (χ2n) is 6.32. The highest BCUT2D eigenvalue weighted by Crippen LogP contribution is 2.28. The molecule has 1 aliphatic rings. The standard InChI is InChI=1S/C17H24N4/c1-4-19-16(21-9-8-17(2,3)13-21)20-12-15-7-5-6-14(10-15)11-18/h5-7,10H,4,8-9,12-13H2,1-3H3,(H,19,20). The van der Waals surface area contributed by atoms with Crippen LogP contribution < -0.4 is 5.32 Å². The lowest BCUT2D eigenvalue weighted by Crippen LogP contribution is -2.40. The van der Waals surface area contributed by atoms with Crippen molar-refractivity contribution < 1.29 is 0 Å². The Kier molecular flexibility index (Phi) is 4.85. The van der Waals surface area contributed by atoms with Crippen LogP contribution in [0.15, 0.2) is 29.3 Å².